The fourth-order valence-corrected chi connectivity index (χ4v) is 1.80. The van der Waals surface area contributed by atoms with E-state index in [1.54, 1.807) is 6.92 Å². The van der Waals surface area contributed by atoms with Crippen molar-refractivity contribution in [2.24, 2.45) is 0 Å². The van der Waals surface area contributed by atoms with E-state index in [9.17, 15) is 23.1 Å². The van der Waals surface area contributed by atoms with Crippen LogP contribution in [0.5, 0.6) is 5.75 Å². The second kappa shape index (κ2) is 7.93. The third-order valence-corrected chi connectivity index (χ3v) is 3.14. The van der Waals surface area contributed by atoms with E-state index < -0.39 is 23.8 Å². The lowest BCUT2D eigenvalue weighted by Gasteiger charge is -2.14. The Hall–Kier alpha value is -2.68. The Labute approximate surface area is 141 Å². The van der Waals surface area contributed by atoms with E-state index in [1.165, 1.54) is 12.4 Å². The molecule has 0 aliphatic carbocycles. The van der Waals surface area contributed by atoms with Gasteiger partial charge in [0.05, 0.1) is 17.5 Å². The van der Waals surface area contributed by atoms with Crippen LogP contribution >= 0.6 is 0 Å². The number of carbonyl (C=O) groups excluding carboxylic acids is 1. The van der Waals surface area contributed by atoms with Gasteiger partial charge < -0.3 is 15.2 Å². The summed E-state index contributed by atoms with van der Waals surface area (Å²) in [5.74, 6) is -0.316. The Morgan fingerprint density at radius 1 is 1.24 bits per heavy atom. The molecule has 9 heteroatoms. The van der Waals surface area contributed by atoms with Gasteiger partial charge in [0.1, 0.15) is 24.2 Å². The number of rotatable bonds is 6. The van der Waals surface area contributed by atoms with Crippen molar-refractivity contribution >= 4 is 5.91 Å². The normalized spacial score (nSPS) is 12.5. The van der Waals surface area contributed by atoms with Gasteiger partial charge in [0, 0.05) is 12.7 Å². The topological polar surface area (TPSA) is 84.3 Å². The number of hydrogen-bond donors (Lipinski definition) is 2. The highest BCUT2D eigenvalue weighted by molar-refractivity contribution is 5.91. The van der Waals surface area contributed by atoms with Crippen LogP contribution in [0.25, 0.3) is 0 Å². The molecule has 25 heavy (non-hydrogen) atoms. The van der Waals surface area contributed by atoms with Crippen molar-refractivity contribution in [1.82, 2.24) is 15.3 Å². The van der Waals surface area contributed by atoms with Gasteiger partial charge in [-0.15, -0.1) is 0 Å². The molecule has 1 amide bonds. The Morgan fingerprint density at radius 2 is 1.92 bits per heavy atom. The van der Waals surface area contributed by atoms with E-state index in [-0.39, 0.29) is 24.6 Å². The zero-order valence-electron chi connectivity index (χ0n) is 13.2. The van der Waals surface area contributed by atoms with Crippen LogP contribution in [-0.2, 0) is 6.18 Å². The summed E-state index contributed by atoms with van der Waals surface area (Å²) in [6, 6.07) is 4.10. The molecule has 1 aromatic carbocycles. The number of aliphatic hydroxyl groups is 1. The molecule has 0 aliphatic heterocycles. The molecule has 1 atom stereocenters. The second-order valence-electron chi connectivity index (χ2n) is 5.24. The Bertz CT molecular complexity index is 703. The van der Waals surface area contributed by atoms with Crippen LogP contribution < -0.4 is 10.1 Å². The Balaban J connectivity index is 1.77. The first-order valence-corrected chi connectivity index (χ1v) is 7.30. The lowest BCUT2D eigenvalue weighted by atomic mass is 10.2. The zero-order chi connectivity index (χ0) is 18.4. The predicted molar refractivity (Wildman–Crippen MR) is 82.0 cm³/mol. The van der Waals surface area contributed by atoms with Crippen molar-refractivity contribution in [3.8, 4) is 5.75 Å². The molecule has 0 bridgehead atoms. The van der Waals surface area contributed by atoms with Gasteiger partial charge in [-0.1, -0.05) is 0 Å². The van der Waals surface area contributed by atoms with Crippen molar-refractivity contribution in [2.45, 2.75) is 19.2 Å². The molecule has 0 radical (unpaired) electrons. The number of amides is 1. The standard InChI is InChI=1S/C16H16F3N3O3/c1-10-6-21-14(8-20-10)15(24)22-7-12(23)9-25-13-4-2-11(3-5-13)16(17,18)19/h2-6,8,12,23H,7,9H2,1H3,(H,22,24)/t12-/m1/s1. The molecular weight excluding hydrogens is 339 g/mol. The van der Waals surface area contributed by atoms with Crippen molar-refractivity contribution in [2.75, 3.05) is 13.2 Å². The number of aromatic nitrogens is 2. The summed E-state index contributed by atoms with van der Waals surface area (Å²) >= 11 is 0. The maximum absolute atomic E-state index is 12.4. The van der Waals surface area contributed by atoms with Crippen LogP contribution in [0, 0.1) is 6.92 Å². The van der Waals surface area contributed by atoms with Gasteiger partial charge in [0.2, 0.25) is 0 Å². The van der Waals surface area contributed by atoms with Gasteiger partial charge in [-0.3, -0.25) is 9.78 Å². The van der Waals surface area contributed by atoms with Crippen molar-refractivity contribution in [3.63, 3.8) is 0 Å². The van der Waals surface area contributed by atoms with Crippen molar-refractivity contribution < 1.29 is 27.8 Å². The summed E-state index contributed by atoms with van der Waals surface area (Å²) in [5, 5.41) is 12.2. The number of hydrogen-bond acceptors (Lipinski definition) is 5. The van der Waals surface area contributed by atoms with E-state index in [0.717, 1.165) is 24.3 Å². The zero-order valence-corrected chi connectivity index (χ0v) is 13.2. The quantitative estimate of drug-likeness (QED) is 0.828. The molecule has 0 unspecified atom stereocenters. The molecule has 2 rings (SSSR count). The maximum atomic E-state index is 12.4. The summed E-state index contributed by atoms with van der Waals surface area (Å²) < 4.78 is 42.5. The average Bonchev–Trinajstić information content (AvgIpc) is 2.58. The SMILES string of the molecule is Cc1cnc(C(=O)NC[C@@H](O)COc2ccc(C(F)(F)F)cc2)cn1. The van der Waals surface area contributed by atoms with E-state index in [1.807, 2.05) is 0 Å². The Morgan fingerprint density at radius 3 is 2.48 bits per heavy atom. The van der Waals surface area contributed by atoms with Gasteiger partial charge in [0.15, 0.2) is 0 Å². The van der Waals surface area contributed by atoms with Gasteiger partial charge in [0.25, 0.3) is 5.91 Å². The highest BCUT2D eigenvalue weighted by atomic mass is 19.4. The molecule has 1 aromatic heterocycles. The summed E-state index contributed by atoms with van der Waals surface area (Å²) in [5.41, 5.74) is -0.00477. The number of ether oxygens (including phenoxy) is 1. The third-order valence-electron chi connectivity index (χ3n) is 3.14. The number of nitrogens with zero attached hydrogens (tertiary/aromatic N) is 2. The first kappa shape index (κ1) is 18.7. The number of carbonyl (C=O) groups is 1. The number of alkyl halides is 3. The lowest BCUT2D eigenvalue weighted by molar-refractivity contribution is -0.137. The van der Waals surface area contributed by atoms with Crippen LogP contribution in [0.3, 0.4) is 0 Å². The molecule has 0 spiro atoms. The molecule has 1 heterocycles. The molecular formula is C16H16F3N3O3. The van der Waals surface area contributed by atoms with Gasteiger partial charge in [-0.2, -0.15) is 13.2 Å². The highest BCUT2D eigenvalue weighted by Gasteiger charge is 2.30. The van der Waals surface area contributed by atoms with Crippen LogP contribution in [0.2, 0.25) is 0 Å². The smallest absolute Gasteiger partial charge is 0.416 e. The molecule has 6 nitrogen and oxygen atoms in total. The summed E-state index contributed by atoms with van der Waals surface area (Å²) in [4.78, 5) is 19.6. The van der Waals surface area contributed by atoms with E-state index in [2.05, 4.69) is 15.3 Å². The first-order chi connectivity index (χ1) is 11.8. The minimum Gasteiger partial charge on any atom is -0.491 e. The highest BCUT2D eigenvalue weighted by Crippen LogP contribution is 2.30. The number of nitrogens with one attached hydrogen (secondary N) is 1. The minimum absolute atomic E-state index is 0.102. The largest absolute Gasteiger partial charge is 0.491 e. The molecule has 0 aliphatic rings. The first-order valence-electron chi connectivity index (χ1n) is 7.30. The van der Waals surface area contributed by atoms with E-state index >= 15 is 0 Å². The predicted octanol–water partition coefficient (Wildman–Crippen LogP) is 1.97. The third kappa shape index (κ3) is 5.71. The van der Waals surface area contributed by atoms with E-state index in [0.29, 0.717) is 5.69 Å². The number of aryl methyl sites for hydroxylation is 1. The minimum atomic E-state index is -4.42. The van der Waals surface area contributed by atoms with Gasteiger partial charge >= 0.3 is 6.18 Å². The summed E-state index contributed by atoms with van der Waals surface area (Å²) in [6.45, 7) is 1.44. The van der Waals surface area contributed by atoms with Crippen LogP contribution in [0.4, 0.5) is 13.2 Å². The molecule has 2 aromatic rings. The Kier molecular flexibility index (Phi) is 5.92. The van der Waals surface area contributed by atoms with Crippen LogP contribution in [0.1, 0.15) is 21.7 Å². The molecule has 0 saturated heterocycles. The molecule has 134 valence electrons. The summed E-state index contributed by atoms with van der Waals surface area (Å²) in [6.07, 6.45) is -2.69. The van der Waals surface area contributed by atoms with E-state index in [4.69, 9.17) is 4.74 Å². The lowest BCUT2D eigenvalue weighted by Crippen LogP contribution is -2.35. The monoisotopic (exact) mass is 355 g/mol. The molecule has 2 N–H and O–H groups in total. The van der Waals surface area contributed by atoms with Crippen molar-refractivity contribution in [3.05, 3.63) is 53.6 Å². The number of aliphatic hydroxyl groups excluding tert-OH is 1. The van der Waals surface area contributed by atoms with Gasteiger partial charge in [-0.05, 0) is 31.2 Å². The fraction of sp³-hybridized carbons (Fsp3) is 0.312. The van der Waals surface area contributed by atoms with Crippen LogP contribution in [-0.4, -0.2) is 40.2 Å². The fourth-order valence-electron chi connectivity index (χ4n) is 1.80. The molecule has 0 fully saturated rings. The van der Waals surface area contributed by atoms with Gasteiger partial charge in [-0.25, -0.2) is 4.98 Å². The number of benzene rings is 1. The van der Waals surface area contributed by atoms with Crippen molar-refractivity contribution in [1.29, 1.82) is 0 Å². The second-order valence-corrected chi connectivity index (χ2v) is 5.24. The maximum Gasteiger partial charge on any atom is 0.416 e. The molecule has 0 saturated carbocycles. The summed E-state index contributed by atoms with van der Waals surface area (Å²) in [7, 11) is 0. The van der Waals surface area contributed by atoms with Crippen LogP contribution in [0.15, 0.2) is 36.7 Å². The number of halogens is 3. The average molecular weight is 355 g/mol.